The van der Waals surface area contributed by atoms with E-state index in [2.05, 4.69) is 15.0 Å². The quantitative estimate of drug-likeness (QED) is 0.906. The lowest BCUT2D eigenvalue weighted by Gasteiger charge is -2.33. The molecule has 0 spiro atoms. The second kappa shape index (κ2) is 5.40. The first-order valence-corrected chi connectivity index (χ1v) is 7.61. The summed E-state index contributed by atoms with van der Waals surface area (Å²) in [5.74, 6) is 0.509. The van der Waals surface area contributed by atoms with Crippen LogP contribution in [0.2, 0.25) is 0 Å². The molecule has 0 bridgehead atoms. The van der Waals surface area contributed by atoms with Crippen molar-refractivity contribution >= 4 is 28.5 Å². The number of hydrogen-bond donors (Lipinski definition) is 1. The largest absolute Gasteiger partial charge is 0.453 e. The van der Waals surface area contributed by atoms with Gasteiger partial charge in [-0.3, -0.25) is 10.1 Å². The molecule has 0 atom stereocenters. The fourth-order valence-corrected chi connectivity index (χ4v) is 3.50. The Morgan fingerprint density at radius 1 is 1.45 bits per heavy atom. The number of ether oxygens (including phenoxy) is 1. The van der Waals surface area contributed by atoms with Crippen molar-refractivity contribution in [2.45, 2.75) is 32.2 Å². The fraction of sp³-hybridized carbons (Fsp3) is 0.615. The molecular formula is C13H17N3O3S. The van der Waals surface area contributed by atoms with Crippen molar-refractivity contribution in [3.8, 4) is 0 Å². The molecule has 1 aliphatic heterocycles. The van der Waals surface area contributed by atoms with Gasteiger partial charge in [0.1, 0.15) is 0 Å². The van der Waals surface area contributed by atoms with Crippen molar-refractivity contribution in [2.24, 2.45) is 5.92 Å². The molecule has 1 aromatic rings. The lowest BCUT2D eigenvalue weighted by Crippen LogP contribution is -2.41. The lowest BCUT2D eigenvalue weighted by atomic mass is 9.84. The molecule has 2 aliphatic rings. The molecule has 0 aromatic carbocycles. The van der Waals surface area contributed by atoms with Crippen LogP contribution in [0.4, 0.5) is 9.93 Å². The number of thiazole rings is 1. The van der Waals surface area contributed by atoms with Gasteiger partial charge in [-0.1, -0.05) is 17.8 Å². The molecule has 0 saturated heterocycles. The summed E-state index contributed by atoms with van der Waals surface area (Å²) in [4.78, 5) is 30.8. The third-order valence-electron chi connectivity index (χ3n) is 3.89. The molecule has 1 aliphatic carbocycles. The van der Waals surface area contributed by atoms with Crippen molar-refractivity contribution in [3.63, 3.8) is 0 Å². The Balaban J connectivity index is 1.68. The van der Waals surface area contributed by atoms with E-state index in [0.29, 0.717) is 11.7 Å². The van der Waals surface area contributed by atoms with Gasteiger partial charge in [-0.25, -0.2) is 9.78 Å². The van der Waals surface area contributed by atoms with Crippen LogP contribution in [0, 0.1) is 5.92 Å². The second-order valence-electron chi connectivity index (χ2n) is 5.14. The number of anilines is 1. The summed E-state index contributed by atoms with van der Waals surface area (Å²) >= 11 is 1.42. The Bertz CT molecular complexity index is 539. The summed E-state index contributed by atoms with van der Waals surface area (Å²) in [6.07, 6.45) is 3.47. The maximum Gasteiger partial charge on any atom is 0.413 e. The minimum Gasteiger partial charge on any atom is -0.453 e. The van der Waals surface area contributed by atoms with Crippen molar-refractivity contribution < 1.29 is 14.3 Å². The zero-order valence-corrected chi connectivity index (χ0v) is 12.2. The number of nitrogens with one attached hydrogen (secondary N) is 1. The van der Waals surface area contributed by atoms with Gasteiger partial charge in [0.2, 0.25) is 5.91 Å². The molecule has 0 unspecified atom stereocenters. The topological polar surface area (TPSA) is 71.5 Å². The Labute approximate surface area is 121 Å². The monoisotopic (exact) mass is 295 g/mol. The highest BCUT2D eigenvalue weighted by molar-refractivity contribution is 7.15. The van der Waals surface area contributed by atoms with Gasteiger partial charge in [0.25, 0.3) is 0 Å². The number of rotatable bonds is 2. The third kappa shape index (κ3) is 2.49. The van der Waals surface area contributed by atoms with Gasteiger partial charge < -0.3 is 9.64 Å². The smallest absolute Gasteiger partial charge is 0.413 e. The molecule has 20 heavy (non-hydrogen) atoms. The van der Waals surface area contributed by atoms with E-state index in [0.717, 1.165) is 36.4 Å². The zero-order chi connectivity index (χ0) is 14.1. The third-order valence-corrected chi connectivity index (χ3v) is 4.89. The zero-order valence-electron chi connectivity index (χ0n) is 11.3. The number of aromatic nitrogens is 1. The molecule has 1 fully saturated rings. The Kier molecular flexibility index (Phi) is 3.60. The van der Waals surface area contributed by atoms with Gasteiger partial charge in [-0.15, -0.1) is 0 Å². The average Bonchev–Trinajstić information content (AvgIpc) is 2.77. The highest BCUT2D eigenvalue weighted by Gasteiger charge is 2.32. The van der Waals surface area contributed by atoms with E-state index < -0.39 is 6.09 Å². The number of carbonyl (C=O) groups is 2. The maximum atomic E-state index is 12.2. The predicted octanol–water partition coefficient (Wildman–Crippen LogP) is 2.01. The van der Waals surface area contributed by atoms with Crippen LogP contribution in [0.15, 0.2) is 0 Å². The van der Waals surface area contributed by atoms with Crippen molar-refractivity contribution in [2.75, 3.05) is 19.0 Å². The van der Waals surface area contributed by atoms with Crippen LogP contribution in [0.5, 0.6) is 0 Å². The fourth-order valence-electron chi connectivity index (χ4n) is 2.49. The average molecular weight is 295 g/mol. The summed E-state index contributed by atoms with van der Waals surface area (Å²) in [6, 6.07) is 0. The highest BCUT2D eigenvalue weighted by Crippen LogP contribution is 2.32. The first-order chi connectivity index (χ1) is 9.67. The molecule has 1 aromatic heterocycles. The Hall–Kier alpha value is -1.63. The lowest BCUT2D eigenvalue weighted by molar-refractivity contribution is -0.139. The summed E-state index contributed by atoms with van der Waals surface area (Å²) in [5, 5.41) is 3.12. The molecule has 3 rings (SSSR count). The maximum absolute atomic E-state index is 12.2. The molecule has 7 heteroatoms. The van der Waals surface area contributed by atoms with E-state index in [1.54, 1.807) is 0 Å². The van der Waals surface area contributed by atoms with E-state index in [-0.39, 0.29) is 11.8 Å². The second-order valence-corrected chi connectivity index (χ2v) is 6.23. The summed E-state index contributed by atoms with van der Waals surface area (Å²) in [6.45, 7) is 1.34. The molecule has 108 valence electrons. The van der Waals surface area contributed by atoms with Gasteiger partial charge in [0, 0.05) is 23.8 Å². The molecule has 1 saturated carbocycles. The van der Waals surface area contributed by atoms with Gasteiger partial charge >= 0.3 is 6.09 Å². The minimum absolute atomic E-state index is 0.233. The van der Waals surface area contributed by atoms with Crippen LogP contribution >= 0.6 is 11.3 Å². The first kappa shape index (κ1) is 13.4. The highest BCUT2D eigenvalue weighted by atomic mass is 32.1. The number of methoxy groups -OCH3 is 1. The van der Waals surface area contributed by atoms with Crippen molar-refractivity contribution in [1.82, 2.24) is 9.88 Å². The molecule has 2 amide bonds. The first-order valence-electron chi connectivity index (χ1n) is 6.79. The summed E-state index contributed by atoms with van der Waals surface area (Å²) in [5.41, 5.74) is 0.985. The summed E-state index contributed by atoms with van der Waals surface area (Å²) < 4.78 is 4.55. The van der Waals surface area contributed by atoms with Gasteiger partial charge in [0.05, 0.1) is 19.3 Å². The standard InChI is InChI=1S/C13H17N3O3S/c1-19-13(18)15-12-14-9-5-6-16(7-10(9)20-12)11(17)8-3-2-4-8/h8H,2-7H2,1H3,(H,14,15,18). The van der Waals surface area contributed by atoms with Crippen LogP contribution in [-0.4, -0.2) is 35.5 Å². The van der Waals surface area contributed by atoms with Crippen LogP contribution in [0.1, 0.15) is 29.8 Å². The minimum atomic E-state index is -0.515. The number of nitrogens with zero attached hydrogens (tertiary/aromatic N) is 2. The SMILES string of the molecule is COC(=O)Nc1nc2c(s1)CN(C(=O)C1CCC1)CC2. The molecule has 6 nitrogen and oxygen atoms in total. The van der Waals surface area contributed by atoms with Gasteiger partial charge in [-0.05, 0) is 12.8 Å². The predicted molar refractivity (Wildman–Crippen MR) is 74.6 cm³/mol. The molecule has 2 heterocycles. The van der Waals surface area contributed by atoms with Crippen LogP contribution in [0.25, 0.3) is 0 Å². The summed E-state index contributed by atoms with van der Waals surface area (Å²) in [7, 11) is 1.32. The number of carbonyl (C=O) groups excluding carboxylic acids is 2. The van der Waals surface area contributed by atoms with Crippen molar-refractivity contribution in [3.05, 3.63) is 10.6 Å². The van der Waals surface area contributed by atoms with E-state index in [4.69, 9.17) is 0 Å². The number of hydrogen-bond acceptors (Lipinski definition) is 5. The number of fused-ring (bicyclic) bond motifs is 1. The Morgan fingerprint density at radius 2 is 2.25 bits per heavy atom. The molecule has 0 radical (unpaired) electrons. The van der Waals surface area contributed by atoms with Crippen LogP contribution in [-0.2, 0) is 22.5 Å². The van der Waals surface area contributed by atoms with Gasteiger partial charge in [0.15, 0.2) is 5.13 Å². The van der Waals surface area contributed by atoms with Crippen molar-refractivity contribution in [1.29, 1.82) is 0 Å². The van der Waals surface area contributed by atoms with E-state index >= 15 is 0 Å². The normalized spacial score (nSPS) is 18.1. The van der Waals surface area contributed by atoms with E-state index in [1.807, 2.05) is 4.90 Å². The number of amides is 2. The van der Waals surface area contributed by atoms with E-state index in [1.165, 1.54) is 24.9 Å². The van der Waals surface area contributed by atoms with Crippen LogP contribution < -0.4 is 5.32 Å². The molecule has 1 N–H and O–H groups in total. The van der Waals surface area contributed by atoms with Gasteiger partial charge in [-0.2, -0.15) is 0 Å². The van der Waals surface area contributed by atoms with E-state index in [9.17, 15) is 9.59 Å². The Morgan fingerprint density at radius 3 is 2.90 bits per heavy atom. The molecular weight excluding hydrogens is 278 g/mol. The van der Waals surface area contributed by atoms with Crippen LogP contribution in [0.3, 0.4) is 0 Å².